The summed E-state index contributed by atoms with van der Waals surface area (Å²) >= 11 is 0. The highest BCUT2D eigenvalue weighted by atomic mass is 16.5. The Morgan fingerprint density at radius 2 is 2.15 bits per heavy atom. The van der Waals surface area contributed by atoms with E-state index in [0.29, 0.717) is 12.6 Å². The summed E-state index contributed by atoms with van der Waals surface area (Å²) in [4.78, 5) is 12.0. The Kier molecular flexibility index (Phi) is 6.72. The van der Waals surface area contributed by atoms with Crippen LogP contribution in [0.5, 0.6) is 0 Å². The average Bonchev–Trinajstić information content (AvgIpc) is 2.65. The number of unbranched alkanes of at least 4 members (excludes halogenated alkanes) is 1. The number of hydrogen-bond donors (Lipinski definition) is 2. The molecule has 0 amide bonds. The molecule has 1 atom stereocenters. The monoisotopic (exact) mass is 354 g/mol. The first-order chi connectivity index (χ1) is 12.7. The Bertz CT molecular complexity index is 719. The predicted molar refractivity (Wildman–Crippen MR) is 103 cm³/mol. The van der Waals surface area contributed by atoms with Crippen LogP contribution in [0.15, 0.2) is 30.6 Å². The number of fused-ring (bicyclic) bond motifs is 1. The molecule has 1 aliphatic carbocycles. The van der Waals surface area contributed by atoms with Crippen LogP contribution in [0.4, 0.5) is 0 Å². The van der Waals surface area contributed by atoms with Gasteiger partial charge < -0.3 is 5.21 Å². The maximum atomic E-state index is 8.82. The van der Waals surface area contributed by atoms with Gasteiger partial charge in [0, 0.05) is 25.5 Å². The molecule has 0 aromatic carbocycles. The van der Waals surface area contributed by atoms with E-state index in [1.807, 2.05) is 18.5 Å². The second kappa shape index (κ2) is 9.21. The van der Waals surface area contributed by atoms with Crippen molar-refractivity contribution in [2.45, 2.75) is 58.5 Å². The molecule has 0 saturated carbocycles. The normalized spacial score (nSPS) is 16.7. The number of rotatable bonds is 8. The minimum absolute atomic E-state index is 0.351. The van der Waals surface area contributed by atoms with Crippen LogP contribution in [0.3, 0.4) is 0 Å². The molecular weight excluding hydrogens is 324 g/mol. The topological polar surface area (TPSA) is 61.3 Å². The Balaban J connectivity index is 1.81. The van der Waals surface area contributed by atoms with Crippen molar-refractivity contribution in [1.82, 2.24) is 20.3 Å². The first kappa shape index (κ1) is 19.0. The van der Waals surface area contributed by atoms with Gasteiger partial charge >= 0.3 is 0 Å². The molecule has 0 aliphatic heterocycles. The van der Waals surface area contributed by atoms with Gasteiger partial charge in [0.2, 0.25) is 0 Å². The van der Waals surface area contributed by atoms with Gasteiger partial charge in [0.25, 0.3) is 0 Å². The van der Waals surface area contributed by atoms with Crippen LogP contribution >= 0.6 is 0 Å². The summed E-state index contributed by atoms with van der Waals surface area (Å²) < 4.78 is 0. The highest BCUT2D eigenvalue weighted by Gasteiger charge is 2.27. The fourth-order valence-corrected chi connectivity index (χ4v) is 3.91. The third kappa shape index (κ3) is 4.67. The molecule has 0 fully saturated rings. The second-order valence-corrected chi connectivity index (χ2v) is 7.32. The summed E-state index contributed by atoms with van der Waals surface area (Å²) in [6.45, 7) is 6.70. The lowest BCUT2D eigenvalue weighted by Gasteiger charge is -2.35. The highest BCUT2D eigenvalue weighted by molar-refractivity contribution is 5.27. The lowest BCUT2D eigenvalue weighted by molar-refractivity contribution is 0.146. The number of aryl methyl sites for hydroxylation is 3. The third-order valence-electron chi connectivity index (χ3n) is 5.27. The van der Waals surface area contributed by atoms with Gasteiger partial charge in [0.1, 0.15) is 0 Å². The maximum Gasteiger partial charge on any atom is 0.0607 e. The van der Waals surface area contributed by atoms with E-state index in [1.165, 1.54) is 28.8 Å². The minimum atomic E-state index is 0.351. The number of aromatic nitrogens is 2. The number of pyridine rings is 2. The highest BCUT2D eigenvalue weighted by Crippen LogP contribution is 2.34. The fourth-order valence-electron chi connectivity index (χ4n) is 3.91. The van der Waals surface area contributed by atoms with Gasteiger partial charge in [-0.2, -0.15) is 0 Å². The summed E-state index contributed by atoms with van der Waals surface area (Å²) in [6, 6.07) is 6.83. The number of hydroxylamine groups is 1. The van der Waals surface area contributed by atoms with Crippen LogP contribution in [0.1, 0.15) is 59.8 Å². The number of nitrogens with zero attached hydrogens (tertiary/aromatic N) is 3. The lowest BCUT2D eigenvalue weighted by Crippen LogP contribution is -2.33. The van der Waals surface area contributed by atoms with Crippen molar-refractivity contribution in [1.29, 1.82) is 0 Å². The van der Waals surface area contributed by atoms with Gasteiger partial charge in [-0.3, -0.25) is 14.9 Å². The first-order valence-corrected chi connectivity index (χ1v) is 9.66. The van der Waals surface area contributed by atoms with E-state index in [1.54, 1.807) is 0 Å². The molecule has 140 valence electrons. The zero-order chi connectivity index (χ0) is 18.4. The standard InChI is InChI=1S/C21H30N4O/c1-16-13-17(2)19(23-14-16)15-25(12-4-3-11-24-26)20-9-5-7-18-8-6-10-22-21(18)20/h6,8,10,13-14,20,24,26H,3-5,7,9,11-12,15H2,1-2H3. The van der Waals surface area contributed by atoms with Crippen LogP contribution in [0, 0.1) is 13.8 Å². The molecule has 3 rings (SSSR count). The zero-order valence-corrected chi connectivity index (χ0v) is 15.9. The van der Waals surface area contributed by atoms with E-state index in [2.05, 4.69) is 36.4 Å². The Morgan fingerprint density at radius 3 is 2.96 bits per heavy atom. The first-order valence-electron chi connectivity index (χ1n) is 9.66. The van der Waals surface area contributed by atoms with Gasteiger partial charge in [-0.1, -0.05) is 12.1 Å². The molecule has 0 spiro atoms. The van der Waals surface area contributed by atoms with Crippen LogP contribution < -0.4 is 5.48 Å². The molecule has 2 aromatic heterocycles. The van der Waals surface area contributed by atoms with Crippen molar-refractivity contribution < 1.29 is 5.21 Å². The number of nitrogens with one attached hydrogen (secondary N) is 1. The Hall–Kier alpha value is -1.82. The molecule has 26 heavy (non-hydrogen) atoms. The second-order valence-electron chi connectivity index (χ2n) is 7.32. The van der Waals surface area contributed by atoms with Crippen LogP contribution in [-0.2, 0) is 13.0 Å². The zero-order valence-electron chi connectivity index (χ0n) is 15.9. The van der Waals surface area contributed by atoms with Crippen LogP contribution in [0.2, 0.25) is 0 Å². The quantitative estimate of drug-likeness (QED) is 0.559. The molecule has 5 heteroatoms. The summed E-state index contributed by atoms with van der Waals surface area (Å²) in [7, 11) is 0. The molecule has 2 aromatic rings. The van der Waals surface area contributed by atoms with Crippen LogP contribution in [0.25, 0.3) is 0 Å². The van der Waals surface area contributed by atoms with Gasteiger partial charge in [-0.15, -0.1) is 0 Å². The minimum Gasteiger partial charge on any atom is -0.317 e. The van der Waals surface area contributed by atoms with Crippen molar-refractivity contribution in [2.75, 3.05) is 13.1 Å². The summed E-state index contributed by atoms with van der Waals surface area (Å²) in [5, 5.41) is 8.82. The van der Waals surface area contributed by atoms with Crippen molar-refractivity contribution in [2.24, 2.45) is 0 Å². The van der Waals surface area contributed by atoms with Gasteiger partial charge in [-0.05, 0) is 75.3 Å². The van der Waals surface area contributed by atoms with E-state index in [9.17, 15) is 0 Å². The van der Waals surface area contributed by atoms with Crippen molar-refractivity contribution in [3.05, 3.63) is 58.7 Å². The van der Waals surface area contributed by atoms with E-state index >= 15 is 0 Å². The van der Waals surface area contributed by atoms with Crippen molar-refractivity contribution >= 4 is 0 Å². The Labute approximate surface area is 156 Å². The van der Waals surface area contributed by atoms with Gasteiger partial charge in [-0.25, -0.2) is 5.48 Å². The molecular formula is C21H30N4O. The van der Waals surface area contributed by atoms with Crippen LogP contribution in [-0.4, -0.2) is 33.2 Å². The Morgan fingerprint density at radius 1 is 1.27 bits per heavy atom. The largest absolute Gasteiger partial charge is 0.317 e. The van der Waals surface area contributed by atoms with E-state index < -0.39 is 0 Å². The van der Waals surface area contributed by atoms with E-state index in [-0.39, 0.29) is 0 Å². The van der Waals surface area contributed by atoms with Gasteiger partial charge in [0.15, 0.2) is 0 Å². The fraction of sp³-hybridized carbons (Fsp3) is 0.524. The SMILES string of the molecule is Cc1cnc(CN(CCCCNO)C2CCCc3cccnc32)c(C)c1. The maximum absolute atomic E-state index is 8.82. The van der Waals surface area contributed by atoms with Crippen molar-refractivity contribution in [3.63, 3.8) is 0 Å². The van der Waals surface area contributed by atoms with E-state index in [4.69, 9.17) is 15.2 Å². The summed E-state index contributed by atoms with van der Waals surface area (Å²) in [5.41, 5.74) is 8.50. The molecule has 1 aliphatic rings. The average molecular weight is 354 g/mol. The summed E-state index contributed by atoms with van der Waals surface area (Å²) in [6.07, 6.45) is 9.35. The van der Waals surface area contributed by atoms with Crippen molar-refractivity contribution in [3.8, 4) is 0 Å². The molecule has 2 N–H and O–H groups in total. The molecule has 2 heterocycles. The third-order valence-corrected chi connectivity index (χ3v) is 5.27. The van der Waals surface area contributed by atoms with Gasteiger partial charge in [0.05, 0.1) is 17.4 Å². The lowest BCUT2D eigenvalue weighted by atomic mass is 9.90. The predicted octanol–water partition coefficient (Wildman–Crippen LogP) is 3.73. The summed E-state index contributed by atoms with van der Waals surface area (Å²) in [5.74, 6) is 0. The molecule has 1 unspecified atom stereocenters. The molecule has 0 radical (unpaired) electrons. The molecule has 5 nitrogen and oxygen atoms in total. The molecule has 0 saturated heterocycles. The smallest absolute Gasteiger partial charge is 0.0607 e. The van der Waals surface area contributed by atoms with E-state index in [0.717, 1.165) is 44.5 Å². The number of hydrogen-bond acceptors (Lipinski definition) is 5. The molecule has 0 bridgehead atoms.